The maximum atomic E-state index is 12.1. The van der Waals surface area contributed by atoms with Crippen LogP contribution in [0.15, 0.2) is 72.8 Å². The van der Waals surface area contributed by atoms with E-state index in [-0.39, 0.29) is 5.78 Å². The molecule has 0 unspecified atom stereocenters. The molecule has 2 heteroatoms. The minimum atomic E-state index is 0.288. The van der Waals surface area contributed by atoms with Crippen LogP contribution < -0.4 is 4.74 Å². The first kappa shape index (κ1) is 25.0. The van der Waals surface area contributed by atoms with E-state index in [1.54, 1.807) is 0 Å². The highest BCUT2D eigenvalue weighted by Crippen LogP contribution is 2.21. The molecule has 0 heterocycles. The molecule has 0 saturated carbocycles. The van der Waals surface area contributed by atoms with Crippen molar-refractivity contribution in [2.45, 2.75) is 83.5 Å². The Hall–Kier alpha value is -2.61. The molecule has 2 nitrogen and oxygen atoms in total. The van der Waals surface area contributed by atoms with E-state index in [1.165, 1.54) is 75.0 Å². The topological polar surface area (TPSA) is 26.3 Å². The molecule has 0 aliphatic carbocycles. The van der Waals surface area contributed by atoms with Gasteiger partial charge in [-0.25, -0.2) is 0 Å². The average molecular weight is 445 g/mol. The van der Waals surface area contributed by atoms with Crippen molar-refractivity contribution < 1.29 is 9.53 Å². The normalized spacial score (nSPS) is 11.0. The number of hydrogen-bond acceptors (Lipinski definition) is 2. The second kappa shape index (κ2) is 15.3. The molecule has 3 aromatic carbocycles. The lowest BCUT2D eigenvalue weighted by molar-refractivity contribution is 0.0979. The van der Waals surface area contributed by atoms with Gasteiger partial charge < -0.3 is 4.74 Å². The number of ether oxygens (including phenoxy) is 1. The van der Waals surface area contributed by atoms with Gasteiger partial charge in [0.15, 0.2) is 5.78 Å². The summed E-state index contributed by atoms with van der Waals surface area (Å²) >= 11 is 0. The van der Waals surface area contributed by atoms with Crippen molar-refractivity contribution in [1.29, 1.82) is 0 Å². The van der Waals surface area contributed by atoms with Gasteiger partial charge in [0.05, 0.1) is 6.61 Å². The third kappa shape index (κ3) is 9.82. The summed E-state index contributed by atoms with van der Waals surface area (Å²) in [5.74, 6) is 1.27. The van der Waals surface area contributed by atoms with Gasteiger partial charge in [-0.15, -0.1) is 0 Å². The highest BCUT2D eigenvalue weighted by Gasteiger charge is 2.04. The fraction of sp³-hybridized carbons (Fsp3) is 0.452. The minimum Gasteiger partial charge on any atom is -0.494 e. The summed E-state index contributed by atoms with van der Waals surface area (Å²) in [5.41, 5.74) is 0.856. The Bertz CT molecular complexity index is 932. The maximum Gasteiger partial charge on any atom is 0.162 e. The molecule has 0 aromatic heterocycles. The predicted molar refractivity (Wildman–Crippen MR) is 140 cm³/mol. The van der Waals surface area contributed by atoms with Crippen LogP contribution in [0.25, 0.3) is 10.8 Å². The SMILES string of the molecule is O=C(CCCCCCCCCCCCCCOc1ccc2ccccc2c1)c1ccccc1. The molecule has 0 aliphatic heterocycles. The molecule has 3 aromatic rings. The number of carbonyl (C=O) groups is 1. The molecule has 0 aliphatic rings. The molecule has 0 radical (unpaired) electrons. The lowest BCUT2D eigenvalue weighted by Gasteiger charge is -2.07. The molecule has 0 fully saturated rings. The van der Waals surface area contributed by atoms with E-state index in [0.717, 1.165) is 30.8 Å². The summed E-state index contributed by atoms with van der Waals surface area (Å²) in [4.78, 5) is 12.1. The van der Waals surface area contributed by atoms with Crippen LogP contribution >= 0.6 is 0 Å². The van der Waals surface area contributed by atoms with Crippen LogP contribution in [0.4, 0.5) is 0 Å². The first-order chi connectivity index (χ1) is 16.3. The molecule has 0 bridgehead atoms. The molecule has 0 amide bonds. The van der Waals surface area contributed by atoms with Gasteiger partial charge in [0.25, 0.3) is 0 Å². The summed E-state index contributed by atoms with van der Waals surface area (Å²) < 4.78 is 5.93. The zero-order valence-electron chi connectivity index (χ0n) is 20.1. The Morgan fingerprint density at radius 1 is 0.545 bits per heavy atom. The number of rotatable bonds is 17. The average Bonchev–Trinajstić information content (AvgIpc) is 2.86. The fourth-order valence-corrected chi connectivity index (χ4v) is 4.37. The quantitative estimate of drug-likeness (QED) is 0.153. The molecule has 0 atom stereocenters. The van der Waals surface area contributed by atoms with Crippen molar-refractivity contribution in [3.8, 4) is 5.75 Å². The highest BCUT2D eigenvalue weighted by molar-refractivity contribution is 5.95. The zero-order chi connectivity index (χ0) is 23.0. The second-order valence-corrected chi connectivity index (χ2v) is 9.14. The molecule has 176 valence electrons. The predicted octanol–water partition coefficient (Wildman–Crippen LogP) is 9.17. The van der Waals surface area contributed by atoms with E-state index in [2.05, 4.69) is 42.5 Å². The molecular weight excluding hydrogens is 404 g/mol. The van der Waals surface area contributed by atoms with E-state index < -0.39 is 0 Å². The summed E-state index contributed by atoms with van der Waals surface area (Å²) in [6.07, 6.45) is 15.9. The number of Topliss-reactive ketones (excluding diaryl/α,β-unsaturated/α-hetero) is 1. The van der Waals surface area contributed by atoms with Crippen LogP contribution in [0.1, 0.15) is 93.8 Å². The van der Waals surface area contributed by atoms with Crippen LogP contribution in [0.5, 0.6) is 5.75 Å². The number of unbranched alkanes of at least 4 members (excludes halogenated alkanes) is 11. The lowest BCUT2D eigenvalue weighted by Crippen LogP contribution is -1.98. The smallest absolute Gasteiger partial charge is 0.162 e. The summed E-state index contributed by atoms with van der Waals surface area (Å²) in [5, 5.41) is 2.51. The third-order valence-corrected chi connectivity index (χ3v) is 6.38. The van der Waals surface area contributed by atoms with Crippen LogP contribution in [0, 0.1) is 0 Å². The summed E-state index contributed by atoms with van der Waals surface area (Å²) in [7, 11) is 0. The maximum absolute atomic E-state index is 12.1. The molecule has 33 heavy (non-hydrogen) atoms. The second-order valence-electron chi connectivity index (χ2n) is 9.14. The summed E-state index contributed by atoms with van der Waals surface area (Å²) in [6.45, 7) is 0.815. The van der Waals surface area contributed by atoms with E-state index in [9.17, 15) is 4.79 Å². The number of benzene rings is 3. The molecule has 3 rings (SSSR count). The number of carbonyl (C=O) groups excluding carboxylic acids is 1. The van der Waals surface area contributed by atoms with Gasteiger partial charge in [-0.1, -0.05) is 125 Å². The van der Waals surface area contributed by atoms with Gasteiger partial charge in [0.1, 0.15) is 5.75 Å². The van der Waals surface area contributed by atoms with Crippen LogP contribution in [-0.4, -0.2) is 12.4 Å². The van der Waals surface area contributed by atoms with E-state index in [1.807, 2.05) is 30.3 Å². The number of fused-ring (bicyclic) bond motifs is 1. The van der Waals surface area contributed by atoms with Crippen molar-refractivity contribution in [3.05, 3.63) is 78.4 Å². The van der Waals surface area contributed by atoms with Crippen molar-refractivity contribution in [3.63, 3.8) is 0 Å². The first-order valence-electron chi connectivity index (χ1n) is 13.0. The van der Waals surface area contributed by atoms with E-state index in [0.29, 0.717) is 6.42 Å². The van der Waals surface area contributed by atoms with Gasteiger partial charge in [-0.05, 0) is 35.7 Å². The van der Waals surface area contributed by atoms with E-state index in [4.69, 9.17) is 4.74 Å². The van der Waals surface area contributed by atoms with Gasteiger partial charge >= 0.3 is 0 Å². The van der Waals surface area contributed by atoms with Crippen LogP contribution in [-0.2, 0) is 0 Å². The summed E-state index contributed by atoms with van der Waals surface area (Å²) in [6, 6.07) is 24.4. The standard InChI is InChI=1S/C31H40O2/c32-31(28-19-12-11-13-20-28)22-14-9-7-5-3-1-2-4-6-8-10-17-25-33-30-24-23-27-18-15-16-21-29(27)26-30/h11-13,15-16,18-21,23-24,26H,1-10,14,17,22,25H2. The van der Waals surface area contributed by atoms with Crippen molar-refractivity contribution >= 4 is 16.6 Å². The van der Waals surface area contributed by atoms with Crippen LogP contribution in [0.2, 0.25) is 0 Å². The monoisotopic (exact) mass is 444 g/mol. The van der Waals surface area contributed by atoms with Gasteiger partial charge in [0, 0.05) is 12.0 Å². The molecular formula is C31H40O2. The molecule has 0 saturated heterocycles. The van der Waals surface area contributed by atoms with Gasteiger partial charge in [0.2, 0.25) is 0 Å². The molecule has 0 N–H and O–H groups in total. The van der Waals surface area contributed by atoms with Crippen LogP contribution in [0.3, 0.4) is 0 Å². The van der Waals surface area contributed by atoms with Gasteiger partial charge in [-0.2, -0.15) is 0 Å². The van der Waals surface area contributed by atoms with E-state index >= 15 is 0 Å². The van der Waals surface area contributed by atoms with Crippen molar-refractivity contribution in [2.24, 2.45) is 0 Å². The first-order valence-corrected chi connectivity index (χ1v) is 13.0. The Labute approximate surface area is 200 Å². The van der Waals surface area contributed by atoms with Crippen molar-refractivity contribution in [1.82, 2.24) is 0 Å². The third-order valence-electron chi connectivity index (χ3n) is 6.38. The zero-order valence-corrected chi connectivity index (χ0v) is 20.1. The van der Waals surface area contributed by atoms with Crippen molar-refractivity contribution in [2.75, 3.05) is 6.61 Å². The number of hydrogen-bond donors (Lipinski definition) is 0. The highest BCUT2D eigenvalue weighted by atomic mass is 16.5. The fourth-order valence-electron chi connectivity index (χ4n) is 4.37. The largest absolute Gasteiger partial charge is 0.494 e. The Balaban J connectivity index is 1.07. The Kier molecular flexibility index (Phi) is 11.6. The minimum absolute atomic E-state index is 0.288. The number of ketones is 1. The Morgan fingerprint density at radius 2 is 1.09 bits per heavy atom. The van der Waals surface area contributed by atoms with Gasteiger partial charge in [-0.3, -0.25) is 4.79 Å². The lowest BCUT2D eigenvalue weighted by atomic mass is 10.0. The Morgan fingerprint density at radius 3 is 1.76 bits per heavy atom. The molecule has 0 spiro atoms.